The van der Waals surface area contributed by atoms with Crippen LogP contribution in [-0.4, -0.2) is 64.8 Å². The molecule has 8 heteroatoms. The molecule has 8 nitrogen and oxygen atoms in total. The molecule has 2 aliphatic rings. The highest BCUT2D eigenvalue weighted by atomic mass is 16.6. The monoisotopic (exact) mass is 344 g/mol. The van der Waals surface area contributed by atoms with Crippen molar-refractivity contribution in [1.82, 2.24) is 19.9 Å². The summed E-state index contributed by atoms with van der Waals surface area (Å²) in [7, 11) is 0. The second-order valence-corrected chi connectivity index (χ2v) is 6.03. The summed E-state index contributed by atoms with van der Waals surface area (Å²) in [6.45, 7) is 4.84. The van der Waals surface area contributed by atoms with E-state index >= 15 is 0 Å². The molecule has 0 spiro atoms. The van der Waals surface area contributed by atoms with E-state index in [1.807, 2.05) is 18.2 Å². The van der Waals surface area contributed by atoms with Crippen molar-refractivity contribution in [3.8, 4) is 17.2 Å². The molecule has 1 atom stereocenters. The fourth-order valence-electron chi connectivity index (χ4n) is 2.98. The van der Waals surface area contributed by atoms with Gasteiger partial charge in [-0.25, -0.2) is 4.68 Å². The number of rotatable bonds is 3. The minimum Gasteiger partial charge on any atom is -0.486 e. The number of ether oxygens (including phenoxy) is 3. The Balaban J connectivity index is 1.53. The van der Waals surface area contributed by atoms with E-state index in [9.17, 15) is 4.79 Å². The summed E-state index contributed by atoms with van der Waals surface area (Å²) in [6, 6.07) is 5.53. The first-order valence-electron chi connectivity index (χ1n) is 8.48. The molecule has 0 unspecified atom stereocenters. The quantitative estimate of drug-likeness (QED) is 0.835. The standard InChI is InChI=1S/C17H20N4O4/c1-2-13-10-20(5-6-23-13)17(22)14-11-21(19-18-14)12-3-4-15-16(9-12)25-8-7-24-15/h3-4,9,11,13H,2,5-8,10H2,1H3/t13-/m0/s1. The Kier molecular flexibility index (Phi) is 4.27. The second kappa shape index (κ2) is 6.72. The summed E-state index contributed by atoms with van der Waals surface area (Å²) in [5, 5.41) is 8.12. The first-order chi connectivity index (χ1) is 12.2. The number of benzene rings is 1. The van der Waals surface area contributed by atoms with Crippen LogP contribution in [0.25, 0.3) is 5.69 Å². The molecule has 1 aromatic carbocycles. The van der Waals surface area contributed by atoms with E-state index in [0.29, 0.717) is 50.1 Å². The van der Waals surface area contributed by atoms with Crippen molar-refractivity contribution in [1.29, 1.82) is 0 Å². The normalized spacial score (nSPS) is 19.7. The predicted octanol–water partition coefficient (Wildman–Crippen LogP) is 1.29. The molecule has 1 aromatic heterocycles. The largest absolute Gasteiger partial charge is 0.486 e. The average Bonchev–Trinajstić information content (AvgIpc) is 3.17. The molecule has 2 aromatic rings. The zero-order valence-electron chi connectivity index (χ0n) is 14.1. The van der Waals surface area contributed by atoms with Gasteiger partial charge < -0.3 is 19.1 Å². The van der Waals surface area contributed by atoms with Crippen molar-refractivity contribution >= 4 is 5.91 Å². The Bertz CT molecular complexity index is 776. The third-order valence-electron chi connectivity index (χ3n) is 4.38. The molecule has 0 saturated carbocycles. The summed E-state index contributed by atoms with van der Waals surface area (Å²) in [4.78, 5) is 14.4. The number of carbonyl (C=O) groups is 1. The molecule has 0 radical (unpaired) electrons. The van der Waals surface area contributed by atoms with Gasteiger partial charge in [0.2, 0.25) is 0 Å². The van der Waals surface area contributed by atoms with Crippen LogP contribution in [0.5, 0.6) is 11.5 Å². The summed E-state index contributed by atoms with van der Waals surface area (Å²) in [5.74, 6) is 1.27. The van der Waals surface area contributed by atoms with Crippen LogP contribution < -0.4 is 9.47 Å². The lowest BCUT2D eigenvalue weighted by molar-refractivity contribution is -0.0228. The Morgan fingerprint density at radius 2 is 2.08 bits per heavy atom. The van der Waals surface area contributed by atoms with E-state index in [4.69, 9.17) is 14.2 Å². The van der Waals surface area contributed by atoms with Gasteiger partial charge in [0, 0.05) is 19.2 Å². The molecule has 3 heterocycles. The smallest absolute Gasteiger partial charge is 0.276 e. The second-order valence-electron chi connectivity index (χ2n) is 6.03. The maximum atomic E-state index is 12.6. The number of morpholine rings is 1. The molecule has 25 heavy (non-hydrogen) atoms. The van der Waals surface area contributed by atoms with E-state index in [1.165, 1.54) is 0 Å². The van der Waals surface area contributed by atoms with Crippen LogP contribution in [0.3, 0.4) is 0 Å². The van der Waals surface area contributed by atoms with E-state index in [1.54, 1.807) is 15.8 Å². The Labute approximate surface area is 145 Å². The van der Waals surface area contributed by atoms with Crippen LogP contribution >= 0.6 is 0 Å². The minimum absolute atomic E-state index is 0.0885. The lowest BCUT2D eigenvalue weighted by atomic mass is 10.2. The van der Waals surface area contributed by atoms with Gasteiger partial charge in [0.05, 0.1) is 24.6 Å². The fourth-order valence-corrected chi connectivity index (χ4v) is 2.98. The highest BCUT2D eigenvalue weighted by Crippen LogP contribution is 2.31. The number of aromatic nitrogens is 3. The zero-order valence-corrected chi connectivity index (χ0v) is 14.1. The van der Waals surface area contributed by atoms with Crippen molar-refractivity contribution in [2.45, 2.75) is 19.4 Å². The number of hydrogen-bond donors (Lipinski definition) is 0. The molecular weight excluding hydrogens is 324 g/mol. The maximum Gasteiger partial charge on any atom is 0.276 e. The molecule has 2 aliphatic heterocycles. The summed E-state index contributed by atoms with van der Waals surface area (Å²) >= 11 is 0. The highest BCUT2D eigenvalue weighted by Gasteiger charge is 2.26. The summed E-state index contributed by atoms with van der Waals surface area (Å²) in [6.07, 6.45) is 2.61. The molecule has 0 N–H and O–H groups in total. The van der Waals surface area contributed by atoms with Crippen LogP contribution in [0.4, 0.5) is 0 Å². The zero-order chi connectivity index (χ0) is 17.2. The molecule has 4 rings (SSSR count). The highest BCUT2D eigenvalue weighted by molar-refractivity contribution is 5.92. The van der Waals surface area contributed by atoms with E-state index < -0.39 is 0 Å². The van der Waals surface area contributed by atoms with Crippen molar-refractivity contribution < 1.29 is 19.0 Å². The van der Waals surface area contributed by atoms with Crippen molar-refractivity contribution in [3.05, 3.63) is 30.1 Å². The minimum atomic E-state index is -0.120. The molecule has 1 fully saturated rings. The number of amides is 1. The maximum absolute atomic E-state index is 12.6. The number of carbonyl (C=O) groups excluding carboxylic acids is 1. The van der Waals surface area contributed by atoms with Crippen LogP contribution in [0.2, 0.25) is 0 Å². The first kappa shape index (κ1) is 15.9. The van der Waals surface area contributed by atoms with Gasteiger partial charge in [-0.1, -0.05) is 12.1 Å². The molecule has 0 bridgehead atoms. The lowest BCUT2D eigenvalue weighted by Gasteiger charge is -2.31. The first-order valence-corrected chi connectivity index (χ1v) is 8.48. The van der Waals surface area contributed by atoms with Gasteiger partial charge in [-0.15, -0.1) is 5.10 Å². The lowest BCUT2D eigenvalue weighted by Crippen LogP contribution is -2.45. The van der Waals surface area contributed by atoms with Gasteiger partial charge >= 0.3 is 0 Å². The van der Waals surface area contributed by atoms with Crippen molar-refractivity contribution in [2.75, 3.05) is 32.9 Å². The molecule has 132 valence electrons. The third kappa shape index (κ3) is 3.17. The number of nitrogens with zero attached hydrogens (tertiary/aromatic N) is 4. The van der Waals surface area contributed by atoms with Gasteiger partial charge in [-0.3, -0.25) is 4.79 Å². The van der Waals surface area contributed by atoms with E-state index in [-0.39, 0.29) is 12.0 Å². The van der Waals surface area contributed by atoms with Gasteiger partial charge in [0.1, 0.15) is 13.2 Å². The molecule has 1 saturated heterocycles. The topological polar surface area (TPSA) is 78.7 Å². The Morgan fingerprint density at radius 1 is 1.24 bits per heavy atom. The van der Waals surface area contributed by atoms with E-state index in [2.05, 4.69) is 17.2 Å². The summed E-state index contributed by atoms with van der Waals surface area (Å²) < 4.78 is 18.3. The van der Waals surface area contributed by atoms with Gasteiger partial charge in [0.25, 0.3) is 5.91 Å². The Morgan fingerprint density at radius 3 is 2.92 bits per heavy atom. The number of fused-ring (bicyclic) bond motifs is 1. The van der Waals surface area contributed by atoms with Gasteiger partial charge in [-0.2, -0.15) is 0 Å². The predicted molar refractivity (Wildman–Crippen MR) is 88.3 cm³/mol. The van der Waals surface area contributed by atoms with Crippen LogP contribution in [0.1, 0.15) is 23.8 Å². The molecule has 0 aliphatic carbocycles. The van der Waals surface area contributed by atoms with E-state index in [0.717, 1.165) is 12.1 Å². The number of hydrogen-bond acceptors (Lipinski definition) is 6. The van der Waals surface area contributed by atoms with Gasteiger partial charge in [0.15, 0.2) is 17.2 Å². The molecule has 1 amide bonds. The third-order valence-corrected chi connectivity index (χ3v) is 4.38. The SMILES string of the molecule is CC[C@H]1CN(C(=O)c2cn(-c3ccc4c(c3)OCCO4)nn2)CCO1. The Hall–Kier alpha value is -2.61. The summed E-state index contributed by atoms with van der Waals surface area (Å²) in [5.41, 5.74) is 1.09. The van der Waals surface area contributed by atoms with Crippen molar-refractivity contribution in [3.63, 3.8) is 0 Å². The fraction of sp³-hybridized carbons (Fsp3) is 0.471. The van der Waals surface area contributed by atoms with Crippen molar-refractivity contribution in [2.24, 2.45) is 0 Å². The van der Waals surface area contributed by atoms with Crippen LogP contribution in [0, 0.1) is 0 Å². The average molecular weight is 344 g/mol. The van der Waals surface area contributed by atoms with Crippen LogP contribution in [0.15, 0.2) is 24.4 Å². The molecular formula is C17H20N4O4. The van der Waals surface area contributed by atoms with Crippen LogP contribution in [-0.2, 0) is 4.74 Å². The van der Waals surface area contributed by atoms with Gasteiger partial charge in [-0.05, 0) is 18.6 Å².